The third kappa shape index (κ3) is 3.66. The van der Waals surface area contributed by atoms with Crippen LogP contribution in [0.1, 0.15) is 69.9 Å². The Balaban J connectivity index is 2.18. The molecule has 0 saturated heterocycles. The minimum Gasteiger partial charge on any atom is -0.481 e. The SMILES string of the molecule is CCC1CCCC(Cc2ccc(C(C)C)cc2)(C(=O)O)C1. The van der Waals surface area contributed by atoms with E-state index in [0.29, 0.717) is 18.3 Å². The van der Waals surface area contributed by atoms with Crippen LogP contribution in [0.3, 0.4) is 0 Å². The van der Waals surface area contributed by atoms with Crippen molar-refractivity contribution >= 4 is 5.97 Å². The number of rotatable bonds is 5. The third-order valence-electron chi connectivity index (χ3n) is 5.17. The Morgan fingerprint density at radius 2 is 2.00 bits per heavy atom. The summed E-state index contributed by atoms with van der Waals surface area (Å²) in [5.74, 6) is 0.491. The fourth-order valence-electron chi connectivity index (χ4n) is 3.68. The molecular formula is C19H28O2. The van der Waals surface area contributed by atoms with E-state index in [4.69, 9.17) is 0 Å². The summed E-state index contributed by atoms with van der Waals surface area (Å²) < 4.78 is 0. The van der Waals surface area contributed by atoms with Gasteiger partial charge >= 0.3 is 5.97 Å². The maximum atomic E-state index is 11.9. The van der Waals surface area contributed by atoms with Crippen molar-refractivity contribution < 1.29 is 9.90 Å². The summed E-state index contributed by atoms with van der Waals surface area (Å²) in [5.41, 5.74) is 1.94. The second-order valence-electron chi connectivity index (χ2n) is 7.03. The zero-order valence-corrected chi connectivity index (χ0v) is 13.6. The van der Waals surface area contributed by atoms with Gasteiger partial charge in [0, 0.05) is 0 Å². The van der Waals surface area contributed by atoms with Crippen molar-refractivity contribution in [1.82, 2.24) is 0 Å². The first-order valence-corrected chi connectivity index (χ1v) is 8.29. The Kier molecular flexibility index (Phi) is 5.08. The highest BCUT2D eigenvalue weighted by Crippen LogP contribution is 2.43. The molecular weight excluding hydrogens is 260 g/mol. The molecule has 0 aliphatic heterocycles. The molecule has 1 N–H and O–H groups in total. The maximum absolute atomic E-state index is 11.9. The molecule has 1 aromatic carbocycles. The van der Waals surface area contributed by atoms with Crippen LogP contribution in [0.5, 0.6) is 0 Å². The van der Waals surface area contributed by atoms with Gasteiger partial charge in [0.25, 0.3) is 0 Å². The highest BCUT2D eigenvalue weighted by molar-refractivity contribution is 5.75. The zero-order valence-electron chi connectivity index (χ0n) is 13.6. The number of carbonyl (C=O) groups is 1. The number of benzene rings is 1. The summed E-state index contributed by atoms with van der Waals surface area (Å²) in [7, 11) is 0. The van der Waals surface area contributed by atoms with E-state index in [2.05, 4.69) is 45.0 Å². The second-order valence-corrected chi connectivity index (χ2v) is 7.03. The Morgan fingerprint density at radius 3 is 2.52 bits per heavy atom. The van der Waals surface area contributed by atoms with E-state index in [9.17, 15) is 9.90 Å². The molecule has 1 saturated carbocycles. The van der Waals surface area contributed by atoms with Gasteiger partial charge in [0.15, 0.2) is 0 Å². The van der Waals surface area contributed by atoms with E-state index in [1.807, 2.05) is 0 Å². The average Bonchev–Trinajstić information content (AvgIpc) is 2.47. The zero-order chi connectivity index (χ0) is 15.5. The molecule has 0 radical (unpaired) electrons. The van der Waals surface area contributed by atoms with Gasteiger partial charge in [-0.25, -0.2) is 0 Å². The molecule has 2 unspecified atom stereocenters. The number of carboxylic acids is 1. The van der Waals surface area contributed by atoms with Gasteiger partial charge in [0.05, 0.1) is 5.41 Å². The molecule has 116 valence electrons. The highest BCUT2D eigenvalue weighted by atomic mass is 16.4. The van der Waals surface area contributed by atoms with Gasteiger partial charge < -0.3 is 5.11 Å². The molecule has 2 heteroatoms. The van der Waals surface area contributed by atoms with Gasteiger partial charge in [0.1, 0.15) is 0 Å². The fourth-order valence-corrected chi connectivity index (χ4v) is 3.68. The molecule has 2 rings (SSSR count). The Hall–Kier alpha value is -1.31. The molecule has 0 amide bonds. The van der Waals surface area contributed by atoms with E-state index in [1.165, 1.54) is 17.5 Å². The first-order chi connectivity index (χ1) is 9.97. The summed E-state index contributed by atoms with van der Waals surface area (Å²) >= 11 is 0. The molecule has 0 bridgehead atoms. The van der Waals surface area contributed by atoms with Crippen LogP contribution in [0.15, 0.2) is 24.3 Å². The molecule has 1 aromatic rings. The lowest BCUT2D eigenvalue weighted by Crippen LogP contribution is -2.38. The number of carboxylic acid groups (broad SMARTS) is 1. The van der Waals surface area contributed by atoms with Crippen LogP contribution in [0.25, 0.3) is 0 Å². The topological polar surface area (TPSA) is 37.3 Å². The van der Waals surface area contributed by atoms with Crippen LogP contribution in [0, 0.1) is 11.3 Å². The van der Waals surface area contributed by atoms with Crippen molar-refractivity contribution in [2.75, 3.05) is 0 Å². The predicted octanol–water partition coefficient (Wildman–Crippen LogP) is 5.02. The largest absolute Gasteiger partial charge is 0.481 e. The van der Waals surface area contributed by atoms with Crippen molar-refractivity contribution in [3.05, 3.63) is 35.4 Å². The van der Waals surface area contributed by atoms with E-state index in [0.717, 1.165) is 25.7 Å². The predicted molar refractivity (Wildman–Crippen MR) is 86.6 cm³/mol. The average molecular weight is 288 g/mol. The summed E-state index contributed by atoms with van der Waals surface area (Å²) in [5, 5.41) is 9.81. The van der Waals surface area contributed by atoms with Crippen molar-refractivity contribution in [2.45, 2.75) is 65.2 Å². The molecule has 2 nitrogen and oxygen atoms in total. The summed E-state index contributed by atoms with van der Waals surface area (Å²) in [4.78, 5) is 11.9. The molecule has 1 fully saturated rings. The molecule has 0 spiro atoms. The normalized spacial score (nSPS) is 26.0. The van der Waals surface area contributed by atoms with Crippen LogP contribution < -0.4 is 0 Å². The van der Waals surface area contributed by atoms with Gasteiger partial charge in [-0.3, -0.25) is 4.79 Å². The molecule has 0 aromatic heterocycles. The first kappa shape index (κ1) is 16.1. The minimum absolute atomic E-state index is 0.520. The van der Waals surface area contributed by atoms with Crippen LogP contribution in [0.2, 0.25) is 0 Å². The third-order valence-corrected chi connectivity index (χ3v) is 5.17. The van der Waals surface area contributed by atoms with E-state index in [-0.39, 0.29) is 0 Å². The number of hydrogen-bond donors (Lipinski definition) is 1. The maximum Gasteiger partial charge on any atom is 0.309 e. The summed E-state index contributed by atoms with van der Waals surface area (Å²) in [6.45, 7) is 6.54. The standard InChI is InChI=1S/C19H28O2/c1-4-15-6-5-11-19(12-15,18(20)21)13-16-7-9-17(10-8-16)14(2)3/h7-10,14-15H,4-6,11-13H2,1-3H3,(H,20,21). The van der Waals surface area contributed by atoms with Gasteiger partial charge in [-0.15, -0.1) is 0 Å². The van der Waals surface area contributed by atoms with Crippen molar-refractivity contribution in [2.24, 2.45) is 11.3 Å². The monoisotopic (exact) mass is 288 g/mol. The van der Waals surface area contributed by atoms with Gasteiger partial charge in [-0.1, -0.05) is 64.3 Å². The summed E-state index contributed by atoms with van der Waals surface area (Å²) in [6.07, 6.45) is 5.68. The molecule has 1 aliphatic rings. The van der Waals surface area contributed by atoms with Gasteiger partial charge in [-0.05, 0) is 42.2 Å². The number of aliphatic carboxylic acids is 1. The van der Waals surface area contributed by atoms with Crippen LogP contribution in [-0.2, 0) is 11.2 Å². The Bertz CT molecular complexity index is 475. The lowest BCUT2D eigenvalue weighted by molar-refractivity contribution is -0.152. The van der Waals surface area contributed by atoms with Crippen molar-refractivity contribution in [3.8, 4) is 0 Å². The van der Waals surface area contributed by atoms with Crippen LogP contribution in [-0.4, -0.2) is 11.1 Å². The Labute approximate surface area is 128 Å². The lowest BCUT2D eigenvalue weighted by atomic mass is 9.66. The molecule has 0 heterocycles. The van der Waals surface area contributed by atoms with Gasteiger partial charge in [-0.2, -0.15) is 0 Å². The van der Waals surface area contributed by atoms with Crippen LogP contribution >= 0.6 is 0 Å². The second kappa shape index (κ2) is 6.64. The quantitative estimate of drug-likeness (QED) is 0.825. The molecule has 2 atom stereocenters. The van der Waals surface area contributed by atoms with Gasteiger partial charge in [0.2, 0.25) is 0 Å². The Morgan fingerprint density at radius 1 is 1.33 bits per heavy atom. The molecule has 1 aliphatic carbocycles. The van der Waals surface area contributed by atoms with Crippen LogP contribution in [0.4, 0.5) is 0 Å². The highest BCUT2D eigenvalue weighted by Gasteiger charge is 2.42. The van der Waals surface area contributed by atoms with Crippen molar-refractivity contribution in [3.63, 3.8) is 0 Å². The molecule has 21 heavy (non-hydrogen) atoms. The van der Waals surface area contributed by atoms with Crippen molar-refractivity contribution in [1.29, 1.82) is 0 Å². The summed E-state index contributed by atoms with van der Waals surface area (Å²) in [6, 6.07) is 8.54. The fraction of sp³-hybridized carbons (Fsp3) is 0.632. The number of hydrogen-bond acceptors (Lipinski definition) is 1. The smallest absolute Gasteiger partial charge is 0.309 e. The van der Waals surface area contributed by atoms with E-state index < -0.39 is 11.4 Å². The first-order valence-electron chi connectivity index (χ1n) is 8.29. The minimum atomic E-state index is -0.603. The lowest BCUT2D eigenvalue weighted by Gasteiger charge is -2.37. The van der Waals surface area contributed by atoms with E-state index in [1.54, 1.807) is 0 Å². The van der Waals surface area contributed by atoms with E-state index >= 15 is 0 Å².